The third kappa shape index (κ3) is 6.10. The molecule has 0 saturated carbocycles. The lowest BCUT2D eigenvalue weighted by atomic mass is 9.95. The molecule has 1 rings (SSSR count). The van der Waals surface area contributed by atoms with Crippen LogP contribution in [0.25, 0.3) is 0 Å². The minimum atomic E-state index is -1.21. The van der Waals surface area contributed by atoms with E-state index in [1.165, 1.54) is 0 Å². The molecule has 0 amide bonds. The second-order valence-corrected chi connectivity index (χ2v) is 8.41. The molecule has 6 nitrogen and oxygen atoms in total. The molecule has 1 saturated heterocycles. The van der Waals surface area contributed by atoms with Crippen molar-refractivity contribution in [3.8, 4) is 0 Å². The summed E-state index contributed by atoms with van der Waals surface area (Å²) in [6.45, 7) is 12.4. The van der Waals surface area contributed by atoms with Crippen molar-refractivity contribution in [2.75, 3.05) is 19.8 Å². The molecule has 0 aromatic rings. The van der Waals surface area contributed by atoms with Crippen molar-refractivity contribution in [1.29, 1.82) is 0 Å². The molecule has 0 bridgehead atoms. The molecule has 5 atom stereocenters. The van der Waals surface area contributed by atoms with Crippen LogP contribution in [0.3, 0.4) is 0 Å². The molecule has 1 fully saturated rings. The van der Waals surface area contributed by atoms with Gasteiger partial charge < -0.3 is 29.5 Å². The number of hydrogen-bond donors (Lipinski definition) is 3. The van der Waals surface area contributed by atoms with Crippen molar-refractivity contribution in [2.45, 2.75) is 72.2 Å². The van der Waals surface area contributed by atoms with Gasteiger partial charge in [0.1, 0.15) is 24.4 Å². The quantitative estimate of drug-likeness (QED) is 0.698. The topological polar surface area (TPSA) is 88.4 Å². The number of rotatable bonds is 5. The van der Waals surface area contributed by atoms with Gasteiger partial charge in [-0.25, -0.2) is 0 Å². The van der Waals surface area contributed by atoms with Gasteiger partial charge in [-0.3, -0.25) is 0 Å². The Morgan fingerprint density at radius 2 is 1.36 bits per heavy atom. The summed E-state index contributed by atoms with van der Waals surface area (Å²) in [6, 6.07) is 0. The van der Waals surface area contributed by atoms with Crippen LogP contribution in [0.1, 0.15) is 41.5 Å². The molecular weight excluding hydrogens is 288 g/mol. The van der Waals surface area contributed by atoms with Gasteiger partial charge in [0.25, 0.3) is 0 Å². The Hall–Kier alpha value is -0.240. The van der Waals surface area contributed by atoms with E-state index < -0.39 is 30.7 Å². The van der Waals surface area contributed by atoms with E-state index in [0.717, 1.165) is 0 Å². The van der Waals surface area contributed by atoms with Crippen LogP contribution < -0.4 is 0 Å². The second-order valence-electron chi connectivity index (χ2n) is 8.41. The summed E-state index contributed by atoms with van der Waals surface area (Å²) < 4.78 is 16.8. The van der Waals surface area contributed by atoms with E-state index in [-0.39, 0.29) is 17.4 Å². The molecule has 0 aromatic carbocycles. The normalized spacial score (nSPS) is 34.0. The van der Waals surface area contributed by atoms with Crippen molar-refractivity contribution in [3.05, 3.63) is 0 Å². The Morgan fingerprint density at radius 3 is 1.82 bits per heavy atom. The summed E-state index contributed by atoms with van der Waals surface area (Å²) in [4.78, 5) is 0. The lowest BCUT2D eigenvalue weighted by Gasteiger charge is -2.43. The first kappa shape index (κ1) is 19.8. The van der Waals surface area contributed by atoms with Gasteiger partial charge in [-0.1, -0.05) is 41.5 Å². The highest BCUT2D eigenvalue weighted by molar-refractivity contribution is 4.90. The Labute approximate surface area is 133 Å². The lowest BCUT2D eigenvalue weighted by Crippen LogP contribution is -2.60. The van der Waals surface area contributed by atoms with E-state index in [2.05, 4.69) is 0 Å². The molecule has 6 heteroatoms. The summed E-state index contributed by atoms with van der Waals surface area (Å²) in [5, 5.41) is 30.0. The molecule has 1 aliphatic heterocycles. The van der Waals surface area contributed by atoms with Crippen LogP contribution in [0.15, 0.2) is 0 Å². The van der Waals surface area contributed by atoms with Crippen LogP contribution in [0.2, 0.25) is 0 Å². The zero-order valence-corrected chi connectivity index (χ0v) is 14.6. The van der Waals surface area contributed by atoms with Gasteiger partial charge >= 0.3 is 0 Å². The van der Waals surface area contributed by atoms with E-state index >= 15 is 0 Å². The first-order valence-electron chi connectivity index (χ1n) is 7.80. The van der Waals surface area contributed by atoms with Gasteiger partial charge in [0.05, 0.1) is 19.8 Å². The van der Waals surface area contributed by atoms with Crippen LogP contribution in [-0.2, 0) is 14.2 Å². The summed E-state index contributed by atoms with van der Waals surface area (Å²) in [6.07, 6.45) is -4.87. The maximum absolute atomic E-state index is 10.3. The summed E-state index contributed by atoms with van der Waals surface area (Å²) >= 11 is 0. The molecule has 2 unspecified atom stereocenters. The van der Waals surface area contributed by atoms with E-state index in [9.17, 15) is 15.3 Å². The van der Waals surface area contributed by atoms with Gasteiger partial charge in [-0.15, -0.1) is 0 Å². The first-order chi connectivity index (χ1) is 9.94. The minimum Gasteiger partial charge on any atom is -0.394 e. The third-order valence-corrected chi connectivity index (χ3v) is 3.21. The zero-order valence-electron chi connectivity index (χ0n) is 14.6. The Bertz CT molecular complexity index is 331. The molecular formula is C16H32O6. The highest BCUT2D eigenvalue weighted by atomic mass is 16.7. The standard InChI is InChI=1S/C16H32O6/c1-15(2,3)8-20-13-10(7-17)22-14(12(19)11(13)18)21-9-16(4,5)6/h10-14,17-19H,7-9H2,1-6H3/t10?,11-,12?,13+,14+/m0/s1. The van der Waals surface area contributed by atoms with Crippen LogP contribution in [0.4, 0.5) is 0 Å². The molecule has 3 N–H and O–H groups in total. The van der Waals surface area contributed by atoms with E-state index in [0.29, 0.717) is 13.2 Å². The Kier molecular flexibility index (Phi) is 6.80. The van der Waals surface area contributed by atoms with E-state index in [1.54, 1.807) is 0 Å². The van der Waals surface area contributed by atoms with Crippen LogP contribution in [0.5, 0.6) is 0 Å². The van der Waals surface area contributed by atoms with Crippen molar-refractivity contribution >= 4 is 0 Å². The van der Waals surface area contributed by atoms with Crippen molar-refractivity contribution < 1.29 is 29.5 Å². The Balaban J connectivity index is 2.69. The average molecular weight is 320 g/mol. The van der Waals surface area contributed by atoms with Crippen molar-refractivity contribution in [2.24, 2.45) is 10.8 Å². The summed E-state index contributed by atoms with van der Waals surface area (Å²) in [7, 11) is 0. The monoisotopic (exact) mass is 320 g/mol. The van der Waals surface area contributed by atoms with Crippen LogP contribution in [-0.4, -0.2) is 65.8 Å². The molecule has 0 aliphatic carbocycles. The maximum atomic E-state index is 10.3. The third-order valence-electron chi connectivity index (χ3n) is 3.21. The largest absolute Gasteiger partial charge is 0.394 e. The molecule has 22 heavy (non-hydrogen) atoms. The molecule has 1 aliphatic rings. The van der Waals surface area contributed by atoms with Crippen LogP contribution in [0, 0.1) is 10.8 Å². The molecule has 0 radical (unpaired) electrons. The fraction of sp³-hybridized carbons (Fsp3) is 1.00. The average Bonchev–Trinajstić information content (AvgIpc) is 2.36. The number of hydrogen-bond acceptors (Lipinski definition) is 6. The SMILES string of the molecule is CC(C)(C)CO[C@@H]1OC(CO)[C@@H](OCC(C)(C)C)[C@@H](O)C1O. The first-order valence-corrected chi connectivity index (χ1v) is 7.80. The predicted octanol–water partition coefficient (Wildman–Crippen LogP) is 0.919. The molecule has 0 aromatic heterocycles. The zero-order chi connectivity index (χ0) is 17.1. The highest BCUT2D eigenvalue weighted by Crippen LogP contribution is 2.27. The fourth-order valence-electron chi connectivity index (χ4n) is 2.07. The number of aliphatic hydroxyl groups excluding tert-OH is 3. The van der Waals surface area contributed by atoms with Crippen LogP contribution >= 0.6 is 0 Å². The van der Waals surface area contributed by atoms with Crippen molar-refractivity contribution in [3.63, 3.8) is 0 Å². The van der Waals surface area contributed by atoms with E-state index in [1.807, 2.05) is 41.5 Å². The van der Waals surface area contributed by atoms with Gasteiger partial charge in [-0.2, -0.15) is 0 Å². The minimum absolute atomic E-state index is 0.0930. The smallest absolute Gasteiger partial charge is 0.186 e. The Morgan fingerprint density at radius 1 is 0.864 bits per heavy atom. The summed E-state index contributed by atoms with van der Waals surface area (Å²) in [5.41, 5.74) is -0.188. The second kappa shape index (κ2) is 7.55. The number of aliphatic hydroxyl groups is 3. The van der Waals surface area contributed by atoms with Crippen molar-refractivity contribution in [1.82, 2.24) is 0 Å². The summed E-state index contributed by atoms with van der Waals surface area (Å²) in [5.74, 6) is 0. The van der Waals surface area contributed by atoms with Gasteiger partial charge in [-0.05, 0) is 10.8 Å². The van der Waals surface area contributed by atoms with Gasteiger partial charge in [0.2, 0.25) is 0 Å². The lowest BCUT2D eigenvalue weighted by molar-refractivity contribution is -0.313. The maximum Gasteiger partial charge on any atom is 0.186 e. The van der Waals surface area contributed by atoms with Gasteiger partial charge in [0, 0.05) is 0 Å². The number of ether oxygens (including phenoxy) is 3. The fourth-order valence-corrected chi connectivity index (χ4v) is 2.07. The predicted molar refractivity (Wildman–Crippen MR) is 82.4 cm³/mol. The molecule has 1 heterocycles. The molecule has 132 valence electrons. The van der Waals surface area contributed by atoms with Gasteiger partial charge in [0.15, 0.2) is 6.29 Å². The molecule has 0 spiro atoms. The highest BCUT2D eigenvalue weighted by Gasteiger charge is 2.46. The van der Waals surface area contributed by atoms with E-state index in [4.69, 9.17) is 14.2 Å².